The number of nitrogens with one attached hydrogen (secondary N) is 1. The van der Waals surface area contributed by atoms with Crippen molar-refractivity contribution in [2.75, 3.05) is 18.4 Å². The SMILES string of the molecule is COc1ccc(CSc2nnc(N/N=C/c3cccs3)n2N)cc1. The number of nitrogen functional groups attached to an aromatic ring is 1. The van der Waals surface area contributed by atoms with E-state index in [4.69, 9.17) is 10.6 Å². The lowest BCUT2D eigenvalue weighted by Crippen LogP contribution is -2.13. The van der Waals surface area contributed by atoms with Gasteiger partial charge in [0.25, 0.3) is 5.95 Å². The van der Waals surface area contributed by atoms with Crippen molar-refractivity contribution in [2.24, 2.45) is 5.10 Å². The predicted molar refractivity (Wildman–Crippen MR) is 98.3 cm³/mol. The summed E-state index contributed by atoms with van der Waals surface area (Å²) in [6.45, 7) is 0. The molecule has 1 aromatic carbocycles. The molecule has 2 heterocycles. The fraction of sp³-hybridized carbons (Fsp3) is 0.133. The molecule has 0 atom stereocenters. The fourth-order valence-corrected chi connectivity index (χ4v) is 3.24. The standard InChI is InChI=1S/C15H16N6OS2/c1-22-12-6-4-11(5-7-12)10-24-15-20-19-14(21(15)16)18-17-9-13-3-2-8-23-13/h2-9H,10,16H2,1H3,(H,18,19)/b17-9+. The topological polar surface area (TPSA) is 90.4 Å². The number of nitrogens with two attached hydrogens (primary N) is 1. The Balaban J connectivity index is 1.57. The average molecular weight is 360 g/mol. The number of ether oxygens (including phenoxy) is 1. The number of hydrogen-bond acceptors (Lipinski definition) is 8. The zero-order valence-corrected chi connectivity index (χ0v) is 14.5. The highest BCUT2D eigenvalue weighted by molar-refractivity contribution is 7.98. The van der Waals surface area contributed by atoms with Crippen LogP contribution in [0.1, 0.15) is 10.4 Å². The van der Waals surface area contributed by atoms with E-state index in [0.29, 0.717) is 11.1 Å². The maximum absolute atomic E-state index is 5.99. The molecule has 0 saturated carbocycles. The van der Waals surface area contributed by atoms with Gasteiger partial charge in [-0.2, -0.15) is 5.10 Å². The number of hydrogen-bond donors (Lipinski definition) is 2. The van der Waals surface area contributed by atoms with Gasteiger partial charge < -0.3 is 10.6 Å². The minimum absolute atomic E-state index is 0.389. The molecule has 0 saturated heterocycles. The van der Waals surface area contributed by atoms with Crippen molar-refractivity contribution in [2.45, 2.75) is 10.9 Å². The van der Waals surface area contributed by atoms with Gasteiger partial charge in [0.1, 0.15) is 5.75 Å². The number of hydrazone groups is 1. The molecule has 0 radical (unpaired) electrons. The van der Waals surface area contributed by atoms with Crippen molar-refractivity contribution in [1.82, 2.24) is 14.9 Å². The Bertz CT molecular complexity index is 798. The van der Waals surface area contributed by atoms with Crippen molar-refractivity contribution < 1.29 is 4.74 Å². The van der Waals surface area contributed by atoms with E-state index in [-0.39, 0.29) is 0 Å². The molecule has 9 heteroatoms. The lowest BCUT2D eigenvalue weighted by molar-refractivity contribution is 0.414. The number of methoxy groups -OCH3 is 1. The van der Waals surface area contributed by atoms with Gasteiger partial charge in [0, 0.05) is 10.6 Å². The summed E-state index contributed by atoms with van der Waals surface area (Å²) in [7, 11) is 1.65. The van der Waals surface area contributed by atoms with Crippen molar-refractivity contribution in [1.29, 1.82) is 0 Å². The lowest BCUT2D eigenvalue weighted by atomic mass is 10.2. The zero-order valence-electron chi connectivity index (χ0n) is 12.9. The molecule has 2 aromatic heterocycles. The van der Waals surface area contributed by atoms with Gasteiger partial charge in [-0.1, -0.05) is 30.0 Å². The molecule has 0 aliphatic carbocycles. The molecule has 0 aliphatic rings. The average Bonchev–Trinajstić information content (AvgIpc) is 3.25. The normalized spacial score (nSPS) is 11.0. The van der Waals surface area contributed by atoms with Crippen LogP contribution < -0.4 is 16.0 Å². The first-order valence-electron chi connectivity index (χ1n) is 7.05. The van der Waals surface area contributed by atoms with Crippen molar-refractivity contribution >= 4 is 35.3 Å². The van der Waals surface area contributed by atoms with Crippen LogP contribution >= 0.6 is 23.1 Å². The van der Waals surface area contributed by atoms with Gasteiger partial charge in [-0.15, -0.1) is 21.5 Å². The molecule has 0 spiro atoms. The molecule has 3 rings (SSSR count). The van der Waals surface area contributed by atoms with Gasteiger partial charge in [-0.25, -0.2) is 10.1 Å². The highest BCUT2D eigenvalue weighted by atomic mass is 32.2. The van der Waals surface area contributed by atoms with E-state index in [0.717, 1.165) is 21.9 Å². The van der Waals surface area contributed by atoms with Gasteiger partial charge in [0.2, 0.25) is 5.16 Å². The van der Waals surface area contributed by atoms with E-state index in [9.17, 15) is 0 Å². The third kappa shape index (κ3) is 4.06. The lowest BCUT2D eigenvalue weighted by Gasteiger charge is -2.04. The van der Waals surface area contributed by atoms with Gasteiger partial charge in [0.05, 0.1) is 13.3 Å². The summed E-state index contributed by atoms with van der Waals surface area (Å²) < 4.78 is 6.53. The molecule has 0 bridgehead atoms. The minimum Gasteiger partial charge on any atom is -0.497 e. The van der Waals surface area contributed by atoms with E-state index in [1.54, 1.807) is 24.7 Å². The Labute approximate surface area is 147 Å². The molecule has 0 aliphatic heterocycles. The van der Waals surface area contributed by atoms with Crippen molar-refractivity contribution in [3.63, 3.8) is 0 Å². The molecule has 3 aromatic rings. The second kappa shape index (κ2) is 7.84. The molecule has 7 nitrogen and oxygen atoms in total. The second-order valence-corrected chi connectivity index (χ2v) is 6.62. The Kier molecular flexibility index (Phi) is 5.34. The van der Waals surface area contributed by atoms with Crippen LogP contribution in [0.3, 0.4) is 0 Å². The third-order valence-electron chi connectivity index (χ3n) is 3.09. The monoisotopic (exact) mass is 360 g/mol. The molecule has 24 heavy (non-hydrogen) atoms. The van der Waals surface area contributed by atoms with E-state index in [1.807, 2.05) is 41.8 Å². The minimum atomic E-state index is 0.389. The molecule has 0 amide bonds. The Hall–Kier alpha value is -2.52. The van der Waals surface area contributed by atoms with E-state index < -0.39 is 0 Å². The molecular weight excluding hydrogens is 344 g/mol. The van der Waals surface area contributed by atoms with Crippen LogP contribution in [-0.4, -0.2) is 28.2 Å². The quantitative estimate of drug-likeness (QED) is 0.291. The van der Waals surface area contributed by atoms with E-state index >= 15 is 0 Å². The van der Waals surface area contributed by atoms with Crippen LogP contribution in [0.2, 0.25) is 0 Å². The first kappa shape index (κ1) is 16.3. The number of aromatic nitrogens is 3. The zero-order chi connectivity index (χ0) is 16.8. The number of thioether (sulfide) groups is 1. The van der Waals surface area contributed by atoms with Crippen LogP contribution in [0.4, 0.5) is 5.95 Å². The molecule has 0 fully saturated rings. The second-order valence-electron chi connectivity index (χ2n) is 4.70. The summed E-state index contributed by atoms with van der Waals surface area (Å²) in [5.41, 5.74) is 3.94. The van der Waals surface area contributed by atoms with Crippen molar-refractivity contribution in [3.8, 4) is 5.75 Å². The Morgan fingerprint density at radius 3 is 2.88 bits per heavy atom. The highest BCUT2D eigenvalue weighted by Crippen LogP contribution is 2.23. The van der Waals surface area contributed by atoms with Crippen LogP contribution in [0, 0.1) is 0 Å². The van der Waals surface area contributed by atoms with Gasteiger partial charge >= 0.3 is 0 Å². The summed E-state index contributed by atoms with van der Waals surface area (Å²) in [6, 6.07) is 11.8. The largest absolute Gasteiger partial charge is 0.497 e. The molecule has 0 unspecified atom stereocenters. The smallest absolute Gasteiger partial charge is 0.264 e. The number of nitrogens with zero attached hydrogens (tertiary/aromatic N) is 4. The molecule has 3 N–H and O–H groups in total. The first-order chi connectivity index (χ1) is 11.8. The first-order valence-corrected chi connectivity index (χ1v) is 8.91. The Morgan fingerprint density at radius 2 is 2.17 bits per heavy atom. The van der Waals surface area contributed by atoms with Gasteiger partial charge in [0.15, 0.2) is 0 Å². The van der Waals surface area contributed by atoms with E-state index in [2.05, 4.69) is 20.7 Å². The van der Waals surface area contributed by atoms with Crippen LogP contribution in [0.25, 0.3) is 0 Å². The van der Waals surface area contributed by atoms with Crippen LogP contribution in [0.15, 0.2) is 52.0 Å². The molecule has 124 valence electrons. The van der Waals surface area contributed by atoms with E-state index in [1.165, 1.54) is 16.4 Å². The summed E-state index contributed by atoms with van der Waals surface area (Å²) in [6.07, 6.45) is 1.71. The van der Waals surface area contributed by atoms with Crippen LogP contribution in [0.5, 0.6) is 5.75 Å². The summed E-state index contributed by atoms with van der Waals surface area (Å²) in [5.74, 6) is 7.95. The molecular formula is C15H16N6OS2. The van der Waals surface area contributed by atoms with Crippen molar-refractivity contribution in [3.05, 3.63) is 52.2 Å². The summed E-state index contributed by atoms with van der Waals surface area (Å²) in [4.78, 5) is 1.04. The summed E-state index contributed by atoms with van der Waals surface area (Å²) >= 11 is 3.10. The number of rotatable bonds is 7. The summed E-state index contributed by atoms with van der Waals surface area (Å²) in [5, 5.41) is 14.8. The number of anilines is 1. The number of thiophene rings is 1. The fourth-order valence-electron chi connectivity index (χ4n) is 1.84. The Morgan fingerprint density at radius 1 is 1.33 bits per heavy atom. The predicted octanol–water partition coefficient (Wildman–Crippen LogP) is 2.80. The third-order valence-corrected chi connectivity index (χ3v) is 4.91. The maximum Gasteiger partial charge on any atom is 0.264 e. The maximum atomic E-state index is 5.99. The van der Waals surface area contributed by atoms with Crippen LogP contribution in [-0.2, 0) is 5.75 Å². The van der Waals surface area contributed by atoms with Gasteiger partial charge in [-0.05, 0) is 29.1 Å². The number of benzene rings is 1. The van der Waals surface area contributed by atoms with Gasteiger partial charge in [-0.3, -0.25) is 0 Å². The highest BCUT2D eigenvalue weighted by Gasteiger charge is 2.09.